The lowest BCUT2D eigenvalue weighted by molar-refractivity contribution is 0.0766. The Balaban J connectivity index is 1.36. The quantitative estimate of drug-likeness (QED) is 0.308. The number of fused-ring (bicyclic) bond motifs is 1. The van der Waals surface area contributed by atoms with Crippen LogP contribution in [0, 0.1) is 25.6 Å². The second-order valence-electron chi connectivity index (χ2n) is 11.3. The van der Waals surface area contributed by atoms with Crippen LogP contribution >= 0.6 is 0 Å². The molecule has 0 atom stereocenters. The predicted octanol–water partition coefficient (Wildman–Crippen LogP) is 6.05. The first-order valence-corrected chi connectivity index (χ1v) is 14.6. The van der Waals surface area contributed by atoms with Gasteiger partial charge in [0, 0.05) is 38.2 Å². The van der Waals surface area contributed by atoms with E-state index in [1.165, 1.54) is 44.2 Å². The number of anilines is 1. The van der Waals surface area contributed by atoms with Crippen LogP contribution in [-0.4, -0.2) is 56.7 Å². The monoisotopic (exact) mass is 540 g/mol. The molecule has 40 heavy (non-hydrogen) atoms. The van der Waals surface area contributed by atoms with Gasteiger partial charge in [0.05, 0.1) is 16.8 Å². The maximum Gasteiger partial charge on any atom is 0.254 e. The zero-order valence-electron chi connectivity index (χ0n) is 23.4. The zero-order valence-corrected chi connectivity index (χ0v) is 23.4. The van der Waals surface area contributed by atoms with E-state index in [2.05, 4.69) is 4.90 Å². The van der Waals surface area contributed by atoms with Crippen molar-refractivity contribution in [2.24, 2.45) is 5.92 Å². The third kappa shape index (κ3) is 5.31. The van der Waals surface area contributed by atoms with Crippen LogP contribution < -0.4 is 4.90 Å². The van der Waals surface area contributed by atoms with Crippen molar-refractivity contribution in [3.05, 3.63) is 77.0 Å². The average molecular weight is 541 g/mol. The van der Waals surface area contributed by atoms with Crippen molar-refractivity contribution in [1.82, 2.24) is 24.6 Å². The molecule has 1 amide bonds. The highest BCUT2D eigenvalue weighted by Gasteiger charge is 2.27. The van der Waals surface area contributed by atoms with Crippen molar-refractivity contribution in [2.75, 3.05) is 31.1 Å². The number of rotatable bonds is 5. The van der Waals surface area contributed by atoms with Crippen molar-refractivity contribution in [1.29, 1.82) is 0 Å². The van der Waals surface area contributed by atoms with Crippen LogP contribution in [0.5, 0.6) is 0 Å². The molecule has 0 bridgehead atoms. The largest absolute Gasteiger partial charge is 0.354 e. The van der Waals surface area contributed by atoms with Gasteiger partial charge in [-0.05, 0) is 62.1 Å². The molecule has 1 aliphatic carbocycles. The summed E-state index contributed by atoms with van der Waals surface area (Å²) in [5.41, 5.74) is 4.15. The summed E-state index contributed by atoms with van der Waals surface area (Å²) >= 11 is 0. The van der Waals surface area contributed by atoms with Crippen LogP contribution in [0.2, 0.25) is 0 Å². The lowest BCUT2D eigenvalue weighted by Gasteiger charge is -2.25. The van der Waals surface area contributed by atoms with Crippen LogP contribution in [0.25, 0.3) is 16.7 Å². The van der Waals surface area contributed by atoms with Gasteiger partial charge < -0.3 is 9.80 Å². The summed E-state index contributed by atoms with van der Waals surface area (Å²) in [6, 6.07) is 14.2. The molecule has 0 unspecified atom stereocenters. The first-order valence-electron chi connectivity index (χ1n) is 14.6. The second-order valence-corrected chi connectivity index (χ2v) is 11.3. The SMILES string of the molecule is Cc1ccccc1C(=O)N1CCCN(c2nc(CC3CCCCC3)nc3c2c(C)nn3-c2ccc(F)cc2)CC1. The molecule has 208 valence electrons. The Bertz CT molecular complexity index is 1510. The number of amides is 1. The standard InChI is InChI=1S/C32H37FN6O/c1-22-9-6-7-12-27(22)32(40)38-18-8-17-37(19-20-38)30-29-23(2)36-39(26-15-13-25(33)14-16-26)31(29)35-28(34-30)21-24-10-4-3-5-11-24/h6-7,9,12-16,24H,3-5,8,10-11,17-21H2,1-2H3. The van der Waals surface area contributed by atoms with E-state index in [-0.39, 0.29) is 11.7 Å². The smallest absolute Gasteiger partial charge is 0.254 e. The Labute approximate surface area is 235 Å². The van der Waals surface area contributed by atoms with E-state index < -0.39 is 0 Å². The molecule has 4 aromatic rings. The fourth-order valence-electron chi connectivity index (χ4n) is 6.25. The zero-order chi connectivity index (χ0) is 27.6. The highest BCUT2D eigenvalue weighted by molar-refractivity contribution is 5.96. The number of carbonyl (C=O) groups excluding carboxylic acids is 1. The van der Waals surface area contributed by atoms with E-state index >= 15 is 0 Å². The summed E-state index contributed by atoms with van der Waals surface area (Å²) in [7, 11) is 0. The molecule has 2 aliphatic rings. The summed E-state index contributed by atoms with van der Waals surface area (Å²) in [4.78, 5) is 27.9. The van der Waals surface area contributed by atoms with Gasteiger partial charge in [0.1, 0.15) is 17.5 Å². The Kier molecular flexibility index (Phi) is 7.50. The van der Waals surface area contributed by atoms with Gasteiger partial charge in [-0.3, -0.25) is 4.79 Å². The molecule has 2 aromatic heterocycles. The molecule has 0 N–H and O–H groups in total. The van der Waals surface area contributed by atoms with Crippen molar-refractivity contribution < 1.29 is 9.18 Å². The van der Waals surface area contributed by atoms with E-state index in [1.807, 2.05) is 47.7 Å². The number of benzene rings is 2. The van der Waals surface area contributed by atoms with Crippen molar-refractivity contribution in [3.8, 4) is 5.69 Å². The highest BCUT2D eigenvalue weighted by atomic mass is 19.1. The minimum atomic E-state index is -0.278. The molecular formula is C32H37FN6O. The topological polar surface area (TPSA) is 67.2 Å². The van der Waals surface area contributed by atoms with Crippen LogP contribution in [-0.2, 0) is 6.42 Å². The summed E-state index contributed by atoms with van der Waals surface area (Å²) in [6.45, 7) is 6.80. The van der Waals surface area contributed by atoms with E-state index in [1.54, 1.807) is 12.1 Å². The average Bonchev–Trinajstić information content (AvgIpc) is 3.13. The van der Waals surface area contributed by atoms with Gasteiger partial charge in [0.15, 0.2) is 5.65 Å². The third-order valence-electron chi connectivity index (χ3n) is 8.45. The molecule has 8 heteroatoms. The minimum absolute atomic E-state index is 0.0890. The van der Waals surface area contributed by atoms with E-state index in [0.717, 1.165) is 64.6 Å². The van der Waals surface area contributed by atoms with E-state index in [4.69, 9.17) is 15.1 Å². The second kappa shape index (κ2) is 11.4. The molecule has 0 radical (unpaired) electrons. The van der Waals surface area contributed by atoms with Crippen LogP contribution in [0.4, 0.5) is 10.2 Å². The molecule has 2 aromatic carbocycles. The summed E-state index contributed by atoms with van der Waals surface area (Å²) in [6.07, 6.45) is 7.98. The maximum absolute atomic E-state index is 13.7. The Morgan fingerprint density at radius 3 is 2.45 bits per heavy atom. The molecule has 1 aliphatic heterocycles. The van der Waals surface area contributed by atoms with Crippen molar-refractivity contribution in [2.45, 2.75) is 58.8 Å². The number of hydrogen-bond donors (Lipinski definition) is 0. The third-order valence-corrected chi connectivity index (χ3v) is 8.45. The molecule has 7 nitrogen and oxygen atoms in total. The number of aryl methyl sites for hydroxylation is 2. The molecule has 3 heterocycles. The first kappa shape index (κ1) is 26.4. The Morgan fingerprint density at radius 2 is 1.68 bits per heavy atom. The summed E-state index contributed by atoms with van der Waals surface area (Å²) < 4.78 is 15.5. The minimum Gasteiger partial charge on any atom is -0.354 e. The Morgan fingerprint density at radius 1 is 0.900 bits per heavy atom. The normalized spacial score (nSPS) is 16.9. The Hall–Kier alpha value is -3.81. The first-order chi connectivity index (χ1) is 19.5. The molecule has 1 saturated carbocycles. The van der Waals surface area contributed by atoms with Crippen LogP contribution in [0.1, 0.15) is 66.0 Å². The predicted molar refractivity (Wildman–Crippen MR) is 156 cm³/mol. The van der Waals surface area contributed by atoms with Gasteiger partial charge in [0.25, 0.3) is 5.91 Å². The maximum atomic E-state index is 13.7. The lowest BCUT2D eigenvalue weighted by Crippen LogP contribution is -2.35. The molecular weight excluding hydrogens is 503 g/mol. The molecule has 0 spiro atoms. The molecule has 6 rings (SSSR count). The number of nitrogens with zero attached hydrogens (tertiary/aromatic N) is 6. The summed E-state index contributed by atoms with van der Waals surface area (Å²) in [5, 5.41) is 5.78. The fourth-order valence-corrected chi connectivity index (χ4v) is 6.25. The van der Waals surface area contributed by atoms with Gasteiger partial charge in [-0.1, -0.05) is 50.3 Å². The van der Waals surface area contributed by atoms with Crippen LogP contribution in [0.3, 0.4) is 0 Å². The summed E-state index contributed by atoms with van der Waals surface area (Å²) in [5.74, 6) is 2.14. The fraction of sp³-hybridized carbons (Fsp3) is 0.438. The van der Waals surface area contributed by atoms with Crippen molar-refractivity contribution >= 4 is 22.8 Å². The number of carbonyl (C=O) groups is 1. The lowest BCUT2D eigenvalue weighted by atomic mass is 9.87. The van der Waals surface area contributed by atoms with Gasteiger partial charge in [0.2, 0.25) is 0 Å². The van der Waals surface area contributed by atoms with E-state index in [0.29, 0.717) is 25.6 Å². The highest BCUT2D eigenvalue weighted by Crippen LogP contribution is 2.32. The number of halogens is 1. The van der Waals surface area contributed by atoms with Gasteiger partial charge in [-0.15, -0.1) is 0 Å². The van der Waals surface area contributed by atoms with Crippen LogP contribution in [0.15, 0.2) is 48.5 Å². The molecule has 2 fully saturated rings. The van der Waals surface area contributed by atoms with Gasteiger partial charge in [-0.2, -0.15) is 5.10 Å². The van der Waals surface area contributed by atoms with Gasteiger partial charge >= 0.3 is 0 Å². The van der Waals surface area contributed by atoms with E-state index in [9.17, 15) is 9.18 Å². The number of aromatic nitrogens is 4. The van der Waals surface area contributed by atoms with Gasteiger partial charge in [-0.25, -0.2) is 19.0 Å². The molecule has 1 saturated heterocycles. The van der Waals surface area contributed by atoms with Crippen molar-refractivity contribution in [3.63, 3.8) is 0 Å². The number of hydrogen-bond acceptors (Lipinski definition) is 5.